The van der Waals surface area contributed by atoms with E-state index in [1.807, 2.05) is 6.92 Å². The van der Waals surface area contributed by atoms with Crippen LogP contribution in [-0.2, 0) is 0 Å². The molecule has 21 heavy (non-hydrogen) atoms. The third-order valence-corrected chi connectivity index (χ3v) is 3.67. The highest BCUT2D eigenvalue weighted by molar-refractivity contribution is 9.10. The smallest absolute Gasteiger partial charge is 0.270 e. The van der Waals surface area contributed by atoms with Crippen LogP contribution < -0.4 is 5.32 Å². The minimum atomic E-state index is -0.468. The topological polar surface area (TPSA) is 95.6 Å². The highest BCUT2D eigenvalue weighted by atomic mass is 79.9. The first kappa shape index (κ1) is 15.1. The van der Waals surface area contributed by atoms with Crippen LogP contribution in [0.5, 0.6) is 11.5 Å². The molecule has 0 amide bonds. The lowest BCUT2D eigenvalue weighted by Gasteiger charge is -2.18. The number of hydrogen-bond acceptors (Lipinski definition) is 5. The zero-order chi connectivity index (χ0) is 15.6. The number of anilines is 1. The van der Waals surface area contributed by atoms with Gasteiger partial charge in [0.1, 0.15) is 11.5 Å². The molecule has 0 fully saturated rings. The first-order valence-electron chi connectivity index (χ1n) is 6.11. The molecule has 2 rings (SSSR count). The Hall–Kier alpha value is -2.28. The molecule has 0 heterocycles. The number of phenolic OH excluding ortho intramolecular Hbond substituents is 2. The summed E-state index contributed by atoms with van der Waals surface area (Å²) >= 11 is 3.28. The second kappa shape index (κ2) is 6.01. The number of hydrogen-bond donors (Lipinski definition) is 3. The van der Waals surface area contributed by atoms with Gasteiger partial charge in [0.05, 0.1) is 11.0 Å². The Balaban J connectivity index is 2.23. The second-order valence-corrected chi connectivity index (χ2v) is 5.38. The average Bonchev–Trinajstić information content (AvgIpc) is 2.40. The van der Waals surface area contributed by atoms with Crippen molar-refractivity contribution in [3.63, 3.8) is 0 Å². The predicted molar refractivity (Wildman–Crippen MR) is 82.6 cm³/mol. The van der Waals surface area contributed by atoms with Gasteiger partial charge in [0, 0.05) is 33.9 Å². The number of non-ortho nitro benzene ring substituents is 1. The average molecular weight is 353 g/mol. The molecule has 2 aromatic rings. The lowest BCUT2D eigenvalue weighted by molar-refractivity contribution is -0.384. The fourth-order valence-corrected chi connectivity index (χ4v) is 2.43. The van der Waals surface area contributed by atoms with E-state index in [1.165, 1.54) is 24.3 Å². The van der Waals surface area contributed by atoms with Gasteiger partial charge in [-0.3, -0.25) is 10.1 Å². The molecule has 0 aliphatic rings. The fourth-order valence-electron chi connectivity index (χ4n) is 1.94. The van der Waals surface area contributed by atoms with Crippen molar-refractivity contribution >= 4 is 27.3 Å². The molecule has 0 spiro atoms. The van der Waals surface area contributed by atoms with Gasteiger partial charge in [-0.25, -0.2) is 0 Å². The van der Waals surface area contributed by atoms with Crippen LogP contribution in [0.15, 0.2) is 40.9 Å². The number of benzene rings is 2. The van der Waals surface area contributed by atoms with Gasteiger partial charge in [0.2, 0.25) is 0 Å². The molecule has 0 radical (unpaired) electrons. The number of aromatic hydroxyl groups is 2. The summed E-state index contributed by atoms with van der Waals surface area (Å²) in [5.41, 5.74) is 1.27. The standard InChI is InChI=1S/C14H13BrN2O4/c1-8(11-4-3-10(18)7-14(11)19)16-13-5-2-9(17(20)21)6-12(13)15/h2-8,16,18-19H,1H3. The van der Waals surface area contributed by atoms with Crippen LogP contribution in [-0.4, -0.2) is 15.1 Å². The molecule has 0 saturated heterocycles. The van der Waals surface area contributed by atoms with E-state index in [0.29, 0.717) is 15.7 Å². The third kappa shape index (κ3) is 3.43. The fraction of sp³-hybridized carbons (Fsp3) is 0.143. The second-order valence-electron chi connectivity index (χ2n) is 4.53. The summed E-state index contributed by atoms with van der Waals surface area (Å²) in [4.78, 5) is 10.2. The maximum Gasteiger partial charge on any atom is 0.270 e. The van der Waals surface area contributed by atoms with Crippen molar-refractivity contribution in [1.29, 1.82) is 0 Å². The zero-order valence-electron chi connectivity index (χ0n) is 11.1. The van der Waals surface area contributed by atoms with Crippen molar-refractivity contribution in [3.8, 4) is 11.5 Å². The van der Waals surface area contributed by atoms with E-state index in [-0.39, 0.29) is 23.2 Å². The first-order chi connectivity index (χ1) is 9.88. The van der Waals surface area contributed by atoms with Gasteiger partial charge in [-0.2, -0.15) is 0 Å². The molecule has 1 unspecified atom stereocenters. The Morgan fingerprint density at radius 3 is 2.52 bits per heavy atom. The van der Waals surface area contributed by atoms with Gasteiger partial charge in [0.15, 0.2) is 0 Å². The number of nitro groups is 1. The van der Waals surface area contributed by atoms with Crippen molar-refractivity contribution in [2.24, 2.45) is 0 Å². The Kier molecular flexibility index (Phi) is 4.32. The summed E-state index contributed by atoms with van der Waals surface area (Å²) in [6.07, 6.45) is 0. The predicted octanol–water partition coefficient (Wildman–Crippen LogP) is 3.94. The van der Waals surface area contributed by atoms with Gasteiger partial charge < -0.3 is 15.5 Å². The van der Waals surface area contributed by atoms with Crippen molar-refractivity contribution in [3.05, 3.63) is 56.5 Å². The van der Waals surface area contributed by atoms with Crippen LogP contribution in [0.1, 0.15) is 18.5 Å². The number of rotatable bonds is 4. The molecule has 0 aliphatic carbocycles. The zero-order valence-corrected chi connectivity index (χ0v) is 12.7. The Morgan fingerprint density at radius 1 is 1.24 bits per heavy atom. The van der Waals surface area contributed by atoms with Gasteiger partial charge >= 0.3 is 0 Å². The molecule has 0 aliphatic heterocycles. The van der Waals surface area contributed by atoms with Gasteiger partial charge in [-0.15, -0.1) is 0 Å². The summed E-state index contributed by atoms with van der Waals surface area (Å²) in [5, 5.41) is 32.9. The van der Waals surface area contributed by atoms with Crippen molar-refractivity contribution in [2.45, 2.75) is 13.0 Å². The summed E-state index contributed by atoms with van der Waals surface area (Å²) in [6.45, 7) is 1.83. The quantitative estimate of drug-likeness (QED) is 0.572. The largest absolute Gasteiger partial charge is 0.508 e. The molecular formula is C14H13BrN2O4. The van der Waals surface area contributed by atoms with Crippen LogP contribution in [0, 0.1) is 10.1 Å². The Morgan fingerprint density at radius 2 is 1.95 bits per heavy atom. The van der Waals surface area contributed by atoms with E-state index < -0.39 is 4.92 Å². The Bertz CT molecular complexity index is 691. The minimum Gasteiger partial charge on any atom is -0.508 e. The van der Waals surface area contributed by atoms with Gasteiger partial charge in [-0.05, 0) is 41.1 Å². The van der Waals surface area contributed by atoms with E-state index in [9.17, 15) is 20.3 Å². The maximum absolute atomic E-state index is 10.7. The summed E-state index contributed by atoms with van der Waals surface area (Å²) < 4.78 is 0.557. The SMILES string of the molecule is CC(Nc1ccc([N+](=O)[O-])cc1Br)c1ccc(O)cc1O. The molecule has 3 N–H and O–H groups in total. The number of phenols is 2. The molecule has 6 nitrogen and oxygen atoms in total. The van der Waals surface area contributed by atoms with E-state index in [2.05, 4.69) is 21.2 Å². The molecule has 0 saturated carbocycles. The van der Waals surface area contributed by atoms with Crippen molar-refractivity contribution in [2.75, 3.05) is 5.32 Å². The molecule has 0 bridgehead atoms. The van der Waals surface area contributed by atoms with Crippen LogP contribution in [0.3, 0.4) is 0 Å². The number of halogens is 1. The van der Waals surface area contributed by atoms with E-state index in [0.717, 1.165) is 0 Å². The van der Waals surface area contributed by atoms with Crippen molar-refractivity contribution < 1.29 is 15.1 Å². The van der Waals surface area contributed by atoms with Crippen LogP contribution in [0.4, 0.5) is 11.4 Å². The summed E-state index contributed by atoms with van der Waals surface area (Å²) in [5.74, 6) is -0.0343. The molecule has 1 atom stereocenters. The van der Waals surface area contributed by atoms with Crippen LogP contribution in [0.25, 0.3) is 0 Å². The molecule has 110 valence electrons. The number of nitrogens with one attached hydrogen (secondary N) is 1. The first-order valence-corrected chi connectivity index (χ1v) is 6.90. The monoisotopic (exact) mass is 352 g/mol. The number of nitrogens with zero attached hydrogens (tertiary/aromatic N) is 1. The molecular weight excluding hydrogens is 340 g/mol. The number of nitro benzene ring substituents is 1. The molecule has 2 aromatic carbocycles. The lowest BCUT2D eigenvalue weighted by atomic mass is 10.1. The summed E-state index contributed by atoms with van der Waals surface area (Å²) in [7, 11) is 0. The Labute approximate surface area is 129 Å². The van der Waals surface area contributed by atoms with E-state index >= 15 is 0 Å². The third-order valence-electron chi connectivity index (χ3n) is 3.02. The highest BCUT2D eigenvalue weighted by Crippen LogP contribution is 2.33. The molecule has 7 heteroatoms. The maximum atomic E-state index is 10.7. The van der Waals surface area contributed by atoms with Gasteiger partial charge in [0.25, 0.3) is 5.69 Å². The van der Waals surface area contributed by atoms with Crippen LogP contribution in [0.2, 0.25) is 0 Å². The van der Waals surface area contributed by atoms with Gasteiger partial charge in [-0.1, -0.05) is 0 Å². The van der Waals surface area contributed by atoms with E-state index in [1.54, 1.807) is 12.1 Å². The minimum absolute atomic E-state index is 0.00689. The van der Waals surface area contributed by atoms with Crippen molar-refractivity contribution in [1.82, 2.24) is 0 Å². The molecule has 0 aromatic heterocycles. The van der Waals surface area contributed by atoms with Crippen LogP contribution >= 0.6 is 15.9 Å². The van der Waals surface area contributed by atoms with E-state index in [4.69, 9.17) is 0 Å². The highest BCUT2D eigenvalue weighted by Gasteiger charge is 2.14. The summed E-state index contributed by atoms with van der Waals surface area (Å²) in [6, 6.07) is 8.51. The normalized spacial score (nSPS) is 11.9. The lowest BCUT2D eigenvalue weighted by Crippen LogP contribution is -2.07.